The Balaban J connectivity index is 1.63. The maximum atomic E-state index is 14.0. The van der Waals surface area contributed by atoms with Crippen LogP contribution < -0.4 is 4.90 Å². The third-order valence-corrected chi connectivity index (χ3v) is 6.85. The van der Waals surface area contributed by atoms with Gasteiger partial charge in [0, 0.05) is 24.4 Å². The number of allylic oxidation sites excluding steroid dienone is 2. The van der Waals surface area contributed by atoms with Crippen molar-refractivity contribution in [2.45, 2.75) is 30.3 Å². The average Bonchev–Trinajstić information content (AvgIpc) is 3.46. The number of halogens is 3. The van der Waals surface area contributed by atoms with Gasteiger partial charge in [-0.05, 0) is 55.1 Å². The second kappa shape index (κ2) is 7.13. The number of nitrogens with zero attached hydrogens (tertiary/aromatic N) is 3. The van der Waals surface area contributed by atoms with Crippen LogP contribution in [0.25, 0.3) is 0 Å². The smallest absolute Gasteiger partial charge is 0.416 e. The molecule has 5 rings (SSSR count). The van der Waals surface area contributed by atoms with Crippen LogP contribution >= 0.6 is 12.2 Å². The van der Waals surface area contributed by atoms with Crippen molar-refractivity contribution in [1.29, 1.82) is 5.26 Å². The van der Waals surface area contributed by atoms with Gasteiger partial charge in [-0.15, -0.1) is 0 Å². The van der Waals surface area contributed by atoms with Gasteiger partial charge in [0.2, 0.25) is 0 Å². The van der Waals surface area contributed by atoms with Crippen molar-refractivity contribution in [3.05, 3.63) is 53.1 Å². The first-order valence-corrected chi connectivity index (χ1v) is 10.5. The maximum absolute atomic E-state index is 14.0. The van der Waals surface area contributed by atoms with Crippen LogP contribution in [0.3, 0.4) is 0 Å². The number of hydrogen-bond acceptors (Lipinski definition) is 6. The molecule has 1 aromatic rings. The predicted molar refractivity (Wildman–Crippen MR) is 112 cm³/mol. The molecule has 0 bridgehead atoms. The summed E-state index contributed by atoms with van der Waals surface area (Å²) in [6.45, 7) is 0.627. The number of ether oxygens (including phenoxy) is 2. The highest BCUT2D eigenvalue weighted by molar-refractivity contribution is 7.80. The zero-order valence-corrected chi connectivity index (χ0v) is 17.8. The minimum Gasteiger partial charge on any atom is -0.457 e. The fraction of sp³-hybridized carbons (Fsp3) is 0.364. The molecule has 0 radical (unpaired) electrons. The number of carbonyl (C=O) groups is 2. The number of ketones is 1. The van der Waals surface area contributed by atoms with E-state index in [4.69, 9.17) is 21.7 Å². The Morgan fingerprint density at radius 1 is 1.24 bits per heavy atom. The van der Waals surface area contributed by atoms with Gasteiger partial charge in [0.15, 0.2) is 16.4 Å². The molecule has 3 aliphatic heterocycles. The fourth-order valence-electron chi connectivity index (χ4n) is 4.86. The summed E-state index contributed by atoms with van der Waals surface area (Å²) in [4.78, 5) is 26.6. The largest absolute Gasteiger partial charge is 0.457 e. The molecular formula is C22H16F3N3O4S. The molecule has 2 saturated heterocycles. The van der Waals surface area contributed by atoms with Gasteiger partial charge >= 0.3 is 12.1 Å². The van der Waals surface area contributed by atoms with Gasteiger partial charge in [-0.1, -0.05) is 0 Å². The quantitative estimate of drug-likeness (QED) is 0.477. The standard InChI is InChI=1S/C22H16F3N3O4S/c23-22(24,25)17-8-15(29)3-4-21(17,10-26)27-11-20(5-6-31-12-20)28(19(27)33)14-1-2-16-13(7-14)9-32-18(16)30/h1-4,7-8H,5-6,9,11-12H2. The summed E-state index contributed by atoms with van der Waals surface area (Å²) < 4.78 is 52.6. The van der Waals surface area contributed by atoms with Gasteiger partial charge in [-0.25, -0.2) is 4.79 Å². The second-order valence-corrected chi connectivity index (χ2v) is 8.68. The van der Waals surface area contributed by atoms with Gasteiger partial charge in [0.05, 0.1) is 23.3 Å². The minimum atomic E-state index is -4.93. The summed E-state index contributed by atoms with van der Waals surface area (Å²) in [7, 11) is 0. The number of esters is 1. The van der Waals surface area contributed by atoms with E-state index in [-0.39, 0.29) is 24.9 Å². The lowest BCUT2D eigenvalue weighted by Crippen LogP contribution is -2.54. The van der Waals surface area contributed by atoms with Crippen LogP contribution in [0.4, 0.5) is 18.9 Å². The molecule has 0 aromatic heterocycles. The van der Waals surface area contributed by atoms with E-state index in [0.717, 1.165) is 12.2 Å². The fourth-order valence-corrected chi connectivity index (χ4v) is 5.36. The number of thiocarbonyl (C=S) groups is 1. The van der Waals surface area contributed by atoms with Crippen LogP contribution in [0, 0.1) is 11.3 Å². The molecule has 33 heavy (non-hydrogen) atoms. The molecular weight excluding hydrogens is 459 g/mol. The van der Waals surface area contributed by atoms with Crippen molar-refractivity contribution >= 4 is 34.8 Å². The average molecular weight is 475 g/mol. The molecule has 3 heterocycles. The molecule has 4 aliphatic rings. The van der Waals surface area contributed by atoms with Crippen molar-refractivity contribution in [3.8, 4) is 6.07 Å². The molecule has 1 spiro atoms. The van der Waals surface area contributed by atoms with Gasteiger partial charge < -0.3 is 19.3 Å². The Kier molecular flexibility index (Phi) is 4.67. The first-order chi connectivity index (χ1) is 15.6. The zero-order chi connectivity index (χ0) is 23.6. The Bertz CT molecular complexity index is 1200. The van der Waals surface area contributed by atoms with Crippen LogP contribution in [-0.4, -0.2) is 58.8 Å². The van der Waals surface area contributed by atoms with Gasteiger partial charge in [-0.2, -0.15) is 18.4 Å². The van der Waals surface area contributed by atoms with E-state index in [1.807, 2.05) is 0 Å². The Hall–Kier alpha value is -3.23. The number of nitriles is 1. The molecule has 0 N–H and O–H groups in total. The molecule has 0 saturated carbocycles. The molecule has 1 aliphatic carbocycles. The van der Waals surface area contributed by atoms with Gasteiger partial charge in [0.1, 0.15) is 12.7 Å². The number of alkyl halides is 3. The van der Waals surface area contributed by atoms with Crippen LogP contribution in [0.1, 0.15) is 22.3 Å². The van der Waals surface area contributed by atoms with Crippen molar-refractivity contribution in [2.24, 2.45) is 0 Å². The predicted octanol–water partition coefficient (Wildman–Crippen LogP) is 2.81. The summed E-state index contributed by atoms with van der Waals surface area (Å²) >= 11 is 5.66. The highest BCUT2D eigenvalue weighted by Crippen LogP contribution is 2.47. The Morgan fingerprint density at radius 3 is 2.70 bits per heavy atom. The molecule has 0 amide bonds. The van der Waals surface area contributed by atoms with E-state index in [1.54, 1.807) is 29.2 Å². The van der Waals surface area contributed by atoms with Gasteiger partial charge in [-0.3, -0.25) is 4.79 Å². The molecule has 2 atom stereocenters. The van der Waals surface area contributed by atoms with E-state index in [9.17, 15) is 28.0 Å². The van der Waals surface area contributed by atoms with Crippen molar-refractivity contribution in [3.63, 3.8) is 0 Å². The minimum absolute atomic E-state index is 0.00129. The van der Waals surface area contributed by atoms with Crippen LogP contribution in [-0.2, 0) is 20.9 Å². The normalized spacial score (nSPS) is 28.9. The van der Waals surface area contributed by atoms with Crippen LogP contribution in [0.15, 0.2) is 42.0 Å². The van der Waals surface area contributed by atoms with E-state index >= 15 is 0 Å². The molecule has 2 unspecified atom stereocenters. The van der Waals surface area contributed by atoms with E-state index < -0.39 is 34.6 Å². The van der Waals surface area contributed by atoms with Crippen molar-refractivity contribution in [1.82, 2.24) is 4.90 Å². The number of fused-ring (bicyclic) bond motifs is 1. The molecule has 1 aromatic carbocycles. The number of hydrogen-bond donors (Lipinski definition) is 0. The molecule has 2 fully saturated rings. The highest BCUT2D eigenvalue weighted by Gasteiger charge is 2.60. The Morgan fingerprint density at radius 2 is 2.03 bits per heavy atom. The number of benzene rings is 1. The second-order valence-electron chi connectivity index (χ2n) is 8.32. The number of anilines is 1. The summed E-state index contributed by atoms with van der Waals surface area (Å²) in [5.74, 6) is -1.29. The van der Waals surface area contributed by atoms with Crippen LogP contribution in [0.2, 0.25) is 0 Å². The first-order valence-electron chi connectivity index (χ1n) is 10.0. The monoisotopic (exact) mass is 475 g/mol. The third kappa shape index (κ3) is 3.08. The van der Waals surface area contributed by atoms with Gasteiger partial charge in [0.25, 0.3) is 0 Å². The number of carbonyl (C=O) groups excluding carboxylic acids is 2. The first kappa shape index (κ1) is 21.6. The summed E-state index contributed by atoms with van der Waals surface area (Å²) in [5.41, 5.74) is -2.78. The van der Waals surface area contributed by atoms with E-state index in [2.05, 4.69) is 0 Å². The molecule has 170 valence electrons. The third-order valence-electron chi connectivity index (χ3n) is 6.44. The number of cyclic esters (lactones) is 1. The zero-order valence-electron chi connectivity index (χ0n) is 17.0. The molecule has 11 heteroatoms. The van der Waals surface area contributed by atoms with Crippen molar-refractivity contribution < 1.29 is 32.2 Å². The van der Waals surface area contributed by atoms with E-state index in [0.29, 0.717) is 35.9 Å². The lowest BCUT2D eigenvalue weighted by Gasteiger charge is -2.38. The molecule has 7 nitrogen and oxygen atoms in total. The highest BCUT2D eigenvalue weighted by atomic mass is 32.1. The lowest BCUT2D eigenvalue weighted by atomic mass is 9.83. The van der Waals surface area contributed by atoms with E-state index in [1.165, 1.54) is 4.90 Å². The maximum Gasteiger partial charge on any atom is 0.416 e. The van der Waals surface area contributed by atoms with Crippen molar-refractivity contribution in [2.75, 3.05) is 24.7 Å². The summed E-state index contributed by atoms with van der Waals surface area (Å²) in [6.07, 6.45) is -2.09. The topological polar surface area (TPSA) is 82.9 Å². The Labute approximate surface area is 191 Å². The summed E-state index contributed by atoms with van der Waals surface area (Å²) in [6, 6.07) is 6.74. The van der Waals surface area contributed by atoms with Crippen LogP contribution in [0.5, 0.6) is 0 Å². The summed E-state index contributed by atoms with van der Waals surface area (Å²) in [5, 5.41) is 10.0. The number of rotatable bonds is 2. The lowest BCUT2D eigenvalue weighted by molar-refractivity contribution is -0.115. The SMILES string of the molecule is N#CC1(N2CC3(CCOC3)N(c3ccc4c(c3)COC4=O)C2=S)C=CC(=O)C=C1C(F)(F)F.